The third-order valence-electron chi connectivity index (χ3n) is 6.55. The van der Waals surface area contributed by atoms with Gasteiger partial charge in [0.2, 0.25) is 5.43 Å². The van der Waals surface area contributed by atoms with Gasteiger partial charge in [-0.1, -0.05) is 0 Å². The van der Waals surface area contributed by atoms with Crippen LogP contribution in [0.25, 0.3) is 21.1 Å². The normalized spacial score (nSPS) is 24.1. The standard InChI is InChI=1S/C20H21FN4O2S.ClH/c21-13-6-12-15(7-16(13)24-8-10-2-1-5-22-14(10)9-24)25(11-3-4-11)20-17(18(12)26)19(27)23-28-20;/h6-7,10-11,14,22H,1-5,8-9H2,(H,23,27);1H. The molecule has 3 aromatic rings. The minimum Gasteiger partial charge on any atom is -0.367 e. The van der Waals surface area contributed by atoms with E-state index in [1.165, 1.54) is 30.4 Å². The largest absolute Gasteiger partial charge is 0.367 e. The summed E-state index contributed by atoms with van der Waals surface area (Å²) >= 11 is 1.20. The van der Waals surface area contributed by atoms with Crippen molar-refractivity contribution in [1.82, 2.24) is 14.3 Å². The van der Waals surface area contributed by atoms with Crippen LogP contribution in [0.2, 0.25) is 0 Å². The lowest BCUT2D eigenvalue weighted by Crippen LogP contribution is -2.40. The average Bonchev–Trinajstić information content (AvgIpc) is 3.31. The molecule has 6 nitrogen and oxygen atoms in total. The van der Waals surface area contributed by atoms with Gasteiger partial charge in [-0.15, -0.1) is 12.4 Å². The number of H-pyrrole nitrogens is 1. The molecular formula is C20H22ClFN4O2S. The predicted octanol–water partition coefficient (Wildman–Crippen LogP) is 2.99. The Kier molecular flexibility index (Phi) is 4.49. The second kappa shape index (κ2) is 6.82. The number of benzene rings is 1. The fourth-order valence-electron chi connectivity index (χ4n) is 5.02. The van der Waals surface area contributed by atoms with Gasteiger partial charge in [0.05, 0.1) is 11.2 Å². The Morgan fingerprint density at radius 1 is 1.14 bits per heavy atom. The zero-order valence-corrected chi connectivity index (χ0v) is 17.4. The summed E-state index contributed by atoms with van der Waals surface area (Å²) in [5.41, 5.74) is 0.571. The molecule has 1 saturated carbocycles. The molecule has 2 aromatic heterocycles. The number of piperidine rings is 1. The van der Waals surface area contributed by atoms with E-state index < -0.39 is 0 Å². The third kappa shape index (κ3) is 2.84. The Morgan fingerprint density at radius 3 is 2.72 bits per heavy atom. The summed E-state index contributed by atoms with van der Waals surface area (Å²) in [7, 11) is 0. The van der Waals surface area contributed by atoms with Crippen LogP contribution in [-0.2, 0) is 0 Å². The molecule has 0 amide bonds. The maximum atomic E-state index is 15.1. The molecule has 2 saturated heterocycles. The predicted molar refractivity (Wildman–Crippen MR) is 116 cm³/mol. The Hall–Kier alpha value is -1.90. The highest BCUT2D eigenvalue weighted by Gasteiger charge is 2.36. The minimum atomic E-state index is -0.378. The maximum absolute atomic E-state index is 15.1. The topological polar surface area (TPSA) is 70.1 Å². The van der Waals surface area contributed by atoms with Crippen molar-refractivity contribution >= 4 is 50.7 Å². The molecule has 29 heavy (non-hydrogen) atoms. The summed E-state index contributed by atoms with van der Waals surface area (Å²) in [5, 5.41) is 4.02. The monoisotopic (exact) mass is 436 g/mol. The Morgan fingerprint density at radius 2 is 1.97 bits per heavy atom. The number of hydrogen-bond acceptors (Lipinski definition) is 5. The van der Waals surface area contributed by atoms with E-state index in [1.807, 2.05) is 6.07 Å². The summed E-state index contributed by atoms with van der Waals surface area (Å²) in [4.78, 5) is 27.9. The van der Waals surface area contributed by atoms with E-state index in [2.05, 4.69) is 19.2 Å². The Balaban J connectivity index is 0.00000181. The average molecular weight is 437 g/mol. The molecule has 2 atom stereocenters. The first-order chi connectivity index (χ1) is 13.6. The van der Waals surface area contributed by atoms with Gasteiger partial charge in [0, 0.05) is 30.6 Å². The molecule has 0 spiro atoms. The molecule has 2 aliphatic heterocycles. The number of hydrogen-bond donors (Lipinski definition) is 2. The molecule has 6 rings (SSSR count). The van der Waals surface area contributed by atoms with Crippen molar-refractivity contribution in [3.8, 4) is 0 Å². The summed E-state index contributed by atoms with van der Waals surface area (Å²) in [6.07, 6.45) is 4.38. The van der Waals surface area contributed by atoms with Crippen LogP contribution in [0, 0.1) is 11.7 Å². The summed E-state index contributed by atoms with van der Waals surface area (Å²) in [6.45, 7) is 2.66. The van der Waals surface area contributed by atoms with E-state index in [9.17, 15) is 9.59 Å². The summed E-state index contributed by atoms with van der Waals surface area (Å²) in [6, 6.07) is 3.87. The van der Waals surface area contributed by atoms with Gasteiger partial charge in [0.25, 0.3) is 5.56 Å². The van der Waals surface area contributed by atoms with Crippen molar-refractivity contribution in [2.75, 3.05) is 24.5 Å². The van der Waals surface area contributed by atoms with Gasteiger partial charge in [-0.3, -0.25) is 14.0 Å². The first-order valence-electron chi connectivity index (χ1n) is 9.99. The molecule has 1 aliphatic carbocycles. The molecule has 2 unspecified atom stereocenters. The third-order valence-corrected chi connectivity index (χ3v) is 7.43. The van der Waals surface area contributed by atoms with Gasteiger partial charge < -0.3 is 14.8 Å². The fourth-order valence-corrected chi connectivity index (χ4v) is 5.95. The van der Waals surface area contributed by atoms with E-state index in [0.717, 1.165) is 38.0 Å². The first-order valence-corrected chi connectivity index (χ1v) is 10.8. The quantitative estimate of drug-likeness (QED) is 0.648. The number of nitrogens with zero attached hydrogens (tertiary/aromatic N) is 2. The van der Waals surface area contributed by atoms with Crippen LogP contribution in [0.5, 0.6) is 0 Å². The van der Waals surface area contributed by atoms with Crippen molar-refractivity contribution < 1.29 is 4.39 Å². The molecule has 9 heteroatoms. The van der Waals surface area contributed by atoms with Crippen molar-refractivity contribution in [2.45, 2.75) is 37.8 Å². The van der Waals surface area contributed by atoms with Crippen LogP contribution in [0.3, 0.4) is 0 Å². The van der Waals surface area contributed by atoms with Crippen molar-refractivity contribution in [3.05, 3.63) is 38.5 Å². The highest BCUT2D eigenvalue weighted by Crippen LogP contribution is 2.41. The highest BCUT2D eigenvalue weighted by atomic mass is 35.5. The molecule has 0 radical (unpaired) electrons. The summed E-state index contributed by atoms with van der Waals surface area (Å²) < 4.78 is 19.9. The molecule has 154 valence electrons. The van der Waals surface area contributed by atoms with Gasteiger partial charge in [-0.2, -0.15) is 0 Å². The molecular weight excluding hydrogens is 415 g/mol. The molecule has 0 bridgehead atoms. The van der Waals surface area contributed by atoms with Gasteiger partial charge in [-0.05, 0) is 61.8 Å². The van der Waals surface area contributed by atoms with Crippen molar-refractivity contribution in [2.24, 2.45) is 5.92 Å². The number of anilines is 1. The Labute approximate surface area is 176 Å². The molecule has 3 fully saturated rings. The number of fused-ring (bicyclic) bond motifs is 3. The molecule has 1 aromatic carbocycles. The lowest BCUT2D eigenvalue weighted by molar-refractivity contribution is 0.340. The number of aromatic amines is 1. The van der Waals surface area contributed by atoms with Crippen molar-refractivity contribution in [1.29, 1.82) is 0 Å². The highest BCUT2D eigenvalue weighted by molar-refractivity contribution is 7.12. The lowest BCUT2D eigenvalue weighted by Gasteiger charge is -2.24. The number of aromatic nitrogens is 2. The van der Waals surface area contributed by atoms with Crippen molar-refractivity contribution in [3.63, 3.8) is 0 Å². The van der Waals surface area contributed by atoms with E-state index >= 15 is 4.39 Å². The zero-order chi connectivity index (χ0) is 19.0. The van der Waals surface area contributed by atoms with Gasteiger partial charge >= 0.3 is 0 Å². The first kappa shape index (κ1) is 19.1. The van der Waals surface area contributed by atoms with E-state index in [-0.39, 0.29) is 40.6 Å². The van der Waals surface area contributed by atoms with E-state index in [1.54, 1.807) is 0 Å². The lowest BCUT2D eigenvalue weighted by atomic mass is 9.94. The van der Waals surface area contributed by atoms with Crippen LogP contribution < -0.4 is 21.2 Å². The number of nitrogens with one attached hydrogen (secondary N) is 2. The van der Waals surface area contributed by atoms with E-state index in [0.29, 0.717) is 27.9 Å². The van der Waals surface area contributed by atoms with E-state index in [4.69, 9.17) is 0 Å². The Bertz CT molecular complexity index is 1220. The van der Waals surface area contributed by atoms with Crippen LogP contribution >= 0.6 is 23.9 Å². The molecule has 4 heterocycles. The van der Waals surface area contributed by atoms with Crippen LogP contribution in [0.1, 0.15) is 31.7 Å². The van der Waals surface area contributed by atoms with Crippen LogP contribution in [0.15, 0.2) is 21.7 Å². The smallest absolute Gasteiger partial charge is 0.271 e. The second-order valence-electron chi connectivity index (χ2n) is 8.33. The molecule has 2 N–H and O–H groups in total. The van der Waals surface area contributed by atoms with Gasteiger partial charge in [0.15, 0.2) is 0 Å². The zero-order valence-electron chi connectivity index (χ0n) is 15.7. The van der Waals surface area contributed by atoms with Crippen LogP contribution in [-0.4, -0.2) is 34.6 Å². The van der Waals surface area contributed by atoms with Gasteiger partial charge in [0.1, 0.15) is 16.0 Å². The number of rotatable bonds is 2. The number of pyridine rings is 1. The van der Waals surface area contributed by atoms with Gasteiger partial charge in [-0.25, -0.2) is 4.39 Å². The summed E-state index contributed by atoms with van der Waals surface area (Å²) in [5.74, 6) is 0.170. The minimum absolute atomic E-state index is 0. The SMILES string of the molecule is Cl.O=c1[nH]sc2c1c(=O)c1cc(F)c(N3CC4CCCNC4C3)cc1n2C1CC1. The molecule has 3 aliphatic rings. The second-order valence-corrected chi connectivity index (χ2v) is 9.13. The number of halogens is 2. The fraction of sp³-hybridized carbons (Fsp3) is 0.500. The maximum Gasteiger partial charge on any atom is 0.271 e. The van der Waals surface area contributed by atoms with Crippen LogP contribution in [0.4, 0.5) is 10.1 Å².